The van der Waals surface area contributed by atoms with Gasteiger partial charge < -0.3 is 19.7 Å². The van der Waals surface area contributed by atoms with Crippen LogP contribution in [0, 0.1) is 23.5 Å². The number of hydrogen-bond donors (Lipinski definition) is 1. The van der Waals surface area contributed by atoms with Gasteiger partial charge in [-0.2, -0.15) is 9.37 Å². The topological polar surface area (TPSA) is 85.3 Å². The lowest BCUT2D eigenvalue weighted by Gasteiger charge is -2.46. The van der Waals surface area contributed by atoms with Crippen LogP contribution in [-0.2, 0) is 4.74 Å². The fourth-order valence-corrected chi connectivity index (χ4v) is 4.64. The smallest absolute Gasteiger partial charge is 0.256 e. The zero-order chi connectivity index (χ0) is 22.8. The molecular weight excluding hydrogens is 450 g/mol. The summed E-state index contributed by atoms with van der Waals surface area (Å²) in [6.07, 6.45) is 6.19. The zero-order valence-corrected chi connectivity index (χ0v) is 18.6. The molecule has 1 aromatic carbocycles. The molecule has 5 rings (SSSR count). The lowest BCUT2D eigenvalue weighted by molar-refractivity contribution is -0.0780. The molecule has 2 atom stereocenters. The largest absolute Gasteiger partial charge is 0.471 e. The van der Waals surface area contributed by atoms with Gasteiger partial charge in [0.15, 0.2) is 5.82 Å². The van der Waals surface area contributed by atoms with Crippen molar-refractivity contribution < 1.29 is 18.3 Å². The minimum absolute atomic E-state index is 0.0105. The molecule has 2 unspecified atom stereocenters. The number of nitrogens with one attached hydrogen (secondary N) is 1. The van der Waals surface area contributed by atoms with Crippen molar-refractivity contribution in [2.45, 2.75) is 11.0 Å². The van der Waals surface area contributed by atoms with Gasteiger partial charge in [-0.05, 0) is 30.5 Å². The third-order valence-corrected chi connectivity index (χ3v) is 6.50. The zero-order valence-electron chi connectivity index (χ0n) is 17.8. The van der Waals surface area contributed by atoms with E-state index in [1.807, 2.05) is 6.26 Å². The normalized spacial score (nSPS) is 22.2. The van der Waals surface area contributed by atoms with E-state index in [9.17, 15) is 4.39 Å². The summed E-state index contributed by atoms with van der Waals surface area (Å²) in [6.45, 7) is 2.20. The number of benzene rings is 1. The molecule has 1 N–H and O–H groups in total. The van der Waals surface area contributed by atoms with Crippen molar-refractivity contribution in [3.8, 4) is 5.88 Å². The summed E-state index contributed by atoms with van der Waals surface area (Å²) in [5.41, 5.74) is 0.123. The van der Waals surface area contributed by atoms with Crippen molar-refractivity contribution in [2.24, 2.45) is 11.8 Å². The first-order valence-electron chi connectivity index (χ1n) is 10.5. The van der Waals surface area contributed by atoms with Crippen molar-refractivity contribution in [1.82, 2.24) is 19.9 Å². The number of ether oxygens (including phenoxy) is 2. The monoisotopic (exact) mass is 472 g/mol. The van der Waals surface area contributed by atoms with Crippen molar-refractivity contribution in [2.75, 3.05) is 42.8 Å². The average molecular weight is 473 g/mol. The Kier molecular flexibility index (Phi) is 6.23. The second-order valence-corrected chi connectivity index (χ2v) is 8.79. The van der Waals surface area contributed by atoms with Gasteiger partial charge in [0.1, 0.15) is 18.2 Å². The maximum atomic E-state index is 15.2. The van der Waals surface area contributed by atoms with Gasteiger partial charge in [-0.3, -0.25) is 0 Å². The molecular formula is C22H22F2N6O2S. The molecule has 2 saturated heterocycles. The van der Waals surface area contributed by atoms with E-state index in [0.29, 0.717) is 32.3 Å². The molecule has 8 nitrogen and oxygen atoms in total. The van der Waals surface area contributed by atoms with Crippen molar-refractivity contribution in [3.05, 3.63) is 54.6 Å². The molecule has 172 valence electrons. The van der Waals surface area contributed by atoms with Gasteiger partial charge in [-0.1, -0.05) is 0 Å². The fourth-order valence-electron chi connectivity index (χ4n) is 4.21. The molecule has 2 fully saturated rings. The second kappa shape index (κ2) is 9.44. The standard InChI is InChI=1S/C22H22F2N6O2S/c1-33-15-3-4-17(16(23)7-15)29-20-18(24)21(28-12-27-20)32-19-13-8-30(9-14(19)11-31-10-13)22-25-5-2-6-26-22/h2-7,12-14,19H,8-11H2,1H3,(H,27,28,29). The van der Waals surface area contributed by atoms with E-state index >= 15 is 4.39 Å². The Bertz CT molecular complexity index is 1110. The highest BCUT2D eigenvalue weighted by Crippen LogP contribution is 2.34. The summed E-state index contributed by atoms with van der Waals surface area (Å²) >= 11 is 1.42. The maximum Gasteiger partial charge on any atom is 0.256 e. The highest BCUT2D eigenvalue weighted by Gasteiger charge is 2.43. The SMILES string of the molecule is CSc1ccc(Nc2ncnc(OC3C4COCC3CN(c3ncccn3)C4)c2F)c(F)c1. The van der Waals surface area contributed by atoms with Crippen LogP contribution < -0.4 is 15.0 Å². The van der Waals surface area contributed by atoms with Crippen LogP contribution in [0.25, 0.3) is 0 Å². The molecule has 4 heterocycles. The van der Waals surface area contributed by atoms with Gasteiger partial charge in [0.25, 0.3) is 5.88 Å². The Morgan fingerprint density at radius 1 is 1.09 bits per heavy atom. The molecule has 2 aliphatic heterocycles. The lowest BCUT2D eigenvalue weighted by atomic mass is 9.84. The summed E-state index contributed by atoms with van der Waals surface area (Å²) in [7, 11) is 0. The lowest BCUT2D eigenvalue weighted by Crippen LogP contribution is -2.58. The van der Waals surface area contributed by atoms with Gasteiger partial charge in [0.2, 0.25) is 11.8 Å². The minimum atomic E-state index is -0.765. The van der Waals surface area contributed by atoms with E-state index in [0.717, 1.165) is 4.90 Å². The highest BCUT2D eigenvalue weighted by molar-refractivity contribution is 7.98. The van der Waals surface area contributed by atoms with Crippen LogP contribution in [0.4, 0.5) is 26.2 Å². The van der Waals surface area contributed by atoms with Crippen LogP contribution in [0.3, 0.4) is 0 Å². The summed E-state index contributed by atoms with van der Waals surface area (Å²) in [5.74, 6) is -0.940. The third-order valence-electron chi connectivity index (χ3n) is 5.77. The van der Waals surface area contributed by atoms with Gasteiger partial charge in [-0.25, -0.2) is 19.3 Å². The van der Waals surface area contributed by atoms with Crippen LogP contribution in [0.2, 0.25) is 0 Å². The van der Waals surface area contributed by atoms with Crippen LogP contribution in [0.15, 0.2) is 47.9 Å². The Morgan fingerprint density at radius 3 is 2.55 bits per heavy atom. The molecule has 33 heavy (non-hydrogen) atoms. The second-order valence-electron chi connectivity index (χ2n) is 7.91. The molecule has 3 aromatic rings. The highest BCUT2D eigenvalue weighted by atomic mass is 32.2. The first-order valence-corrected chi connectivity index (χ1v) is 11.7. The molecule has 0 aliphatic carbocycles. The number of anilines is 3. The van der Waals surface area contributed by atoms with Crippen LogP contribution >= 0.6 is 11.8 Å². The van der Waals surface area contributed by atoms with Crippen molar-refractivity contribution in [3.63, 3.8) is 0 Å². The first kappa shape index (κ1) is 21.8. The summed E-state index contributed by atoms with van der Waals surface area (Å²) < 4.78 is 41.4. The third kappa shape index (κ3) is 4.55. The summed E-state index contributed by atoms with van der Waals surface area (Å²) in [6, 6.07) is 6.45. The predicted molar refractivity (Wildman–Crippen MR) is 120 cm³/mol. The van der Waals surface area contributed by atoms with E-state index in [2.05, 4.69) is 30.2 Å². The number of aromatic nitrogens is 4. The van der Waals surface area contributed by atoms with Crippen molar-refractivity contribution >= 4 is 29.2 Å². The predicted octanol–water partition coefficient (Wildman–Crippen LogP) is 3.54. The van der Waals surface area contributed by atoms with Gasteiger partial charge in [0.05, 0.1) is 18.9 Å². The first-order chi connectivity index (χ1) is 16.1. The Hall–Kier alpha value is -3.05. The molecule has 2 aromatic heterocycles. The molecule has 2 aliphatic rings. The number of thioether (sulfide) groups is 1. The number of halogens is 2. The van der Waals surface area contributed by atoms with Gasteiger partial charge in [-0.15, -0.1) is 11.8 Å². The maximum absolute atomic E-state index is 15.2. The number of fused-ring (bicyclic) bond motifs is 2. The molecule has 0 radical (unpaired) electrons. The van der Waals surface area contributed by atoms with Crippen molar-refractivity contribution in [1.29, 1.82) is 0 Å². The van der Waals surface area contributed by atoms with E-state index < -0.39 is 11.6 Å². The summed E-state index contributed by atoms with van der Waals surface area (Å²) in [5, 5.41) is 2.71. The Labute approximate surface area is 193 Å². The van der Waals surface area contributed by atoms with Gasteiger partial charge in [0, 0.05) is 42.2 Å². The Morgan fingerprint density at radius 2 is 1.85 bits per heavy atom. The van der Waals surface area contributed by atoms with Crippen LogP contribution in [-0.4, -0.2) is 58.6 Å². The van der Waals surface area contributed by atoms with Crippen LogP contribution in [0.1, 0.15) is 0 Å². The summed E-state index contributed by atoms with van der Waals surface area (Å²) in [4.78, 5) is 19.5. The van der Waals surface area contributed by atoms with E-state index in [4.69, 9.17) is 9.47 Å². The Balaban J connectivity index is 1.33. The number of nitrogens with zero attached hydrogens (tertiary/aromatic N) is 5. The van der Waals surface area contributed by atoms with E-state index in [-0.39, 0.29) is 35.3 Å². The average Bonchev–Trinajstić information content (AvgIpc) is 2.83. The number of rotatable bonds is 6. The molecule has 0 amide bonds. The number of hydrogen-bond acceptors (Lipinski definition) is 9. The quantitative estimate of drug-likeness (QED) is 0.542. The van der Waals surface area contributed by atoms with Gasteiger partial charge >= 0.3 is 0 Å². The molecule has 11 heteroatoms. The molecule has 0 spiro atoms. The van der Waals surface area contributed by atoms with Crippen LogP contribution in [0.5, 0.6) is 5.88 Å². The number of piperidine rings is 1. The van der Waals surface area contributed by atoms with E-state index in [1.54, 1.807) is 30.6 Å². The minimum Gasteiger partial charge on any atom is -0.471 e. The van der Waals surface area contributed by atoms with E-state index in [1.165, 1.54) is 24.2 Å². The molecule has 2 bridgehead atoms. The molecule has 0 saturated carbocycles. The fraction of sp³-hybridized carbons (Fsp3) is 0.364.